The van der Waals surface area contributed by atoms with Crippen molar-refractivity contribution in [1.82, 2.24) is 5.32 Å². The Hall–Kier alpha value is -0.960. The van der Waals surface area contributed by atoms with Crippen molar-refractivity contribution < 1.29 is 59.0 Å². The van der Waals surface area contributed by atoms with Crippen LogP contribution in [0.2, 0.25) is 0 Å². The van der Waals surface area contributed by atoms with E-state index < -0.39 is 75.2 Å². The number of unbranched alkanes of at least 4 members (excludes halogenated alkanes) is 23. The summed E-state index contributed by atoms with van der Waals surface area (Å²) >= 11 is 0. The lowest BCUT2D eigenvalue weighted by atomic mass is 9.85. The first-order chi connectivity index (χ1) is 27.8. The molecule has 9 N–H and O–H groups in total. The molecule has 1 aliphatic carbocycles. The molecule has 0 radical (unpaired) electrons. The molecular formula is C44H86NO12P. The first kappa shape index (κ1) is 55.1. The maximum absolute atomic E-state index is 13.0. The Balaban J connectivity index is 2.44. The highest BCUT2D eigenvalue weighted by molar-refractivity contribution is 7.47. The third kappa shape index (κ3) is 26.4. The molecule has 8 unspecified atom stereocenters. The van der Waals surface area contributed by atoms with E-state index in [0.717, 1.165) is 70.6 Å². The molecule has 0 aromatic rings. The molecule has 8 atom stereocenters. The summed E-state index contributed by atoms with van der Waals surface area (Å²) in [5, 5.41) is 74.4. The highest BCUT2D eigenvalue weighted by atomic mass is 31.2. The molecule has 0 aromatic heterocycles. The summed E-state index contributed by atoms with van der Waals surface area (Å²) < 4.78 is 22.8. The average molecular weight is 852 g/mol. The van der Waals surface area contributed by atoms with Gasteiger partial charge in [0.25, 0.3) is 0 Å². The standard InChI is InChI=1S/C44H86NO12P/c1-3-5-7-9-11-13-14-15-16-17-18-19-20-21-22-24-25-27-29-31-35(46)33-38(48)45-36(37(47)32-30-28-26-23-12-10-8-6-4-2)34-56-58(54,55)57-44-42(52)40(50)39(49)41(51)43(44)53/h19-20,35-37,39-44,46-47,49-53H,3-18,21-34H2,1-2H3,(H,45,48)(H,54,55)/b20-19-. The lowest BCUT2D eigenvalue weighted by molar-refractivity contribution is -0.220. The number of amides is 1. The summed E-state index contributed by atoms with van der Waals surface area (Å²) in [5.41, 5.74) is 0. The van der Waals surface area contributed by atoms with Crippen LogP contribution in [0.5, 0.6) is 0 Å². The van der Waals surface area contributed by atoms with E-state index in [-0.39, 0.29) is 12.8 Å². The Labute approximate surface area is 351 Å². The number of phosphoric acid groups is 1. The second-order valence-electron chi connectivity index (χ2n) is 16.8. The van der Waals surface area contributed by atoms with E-state index in [2.05, 4.69) is 31.3 Å². The van der Waals surface area contributed by atoms with E-state index in [4.69, 9.17) is 9.05 Å². The summed E-state index contributed by atoms with van der Waals surface area (Å²) in [4.78, 5) is 23.4. The van der Waals surface area contributed by atoms with Gasteiger partial charge in [-0.2, -0.15) is 0 Å². The number of hydrogen-bond acceptors (Lipinski definition) is 11. The van der Waals surface area contributed by atoms with Crippen LogP contribution in [0.25, 0.3) is 0 Å². The van der Waals surface area contributed by atoms with Crippen LogP contribution in [-0.4, -0.2) is 108 Å². The molecular weight excluding hydrogens is 765 g/mol. The quantitative estimate of drug-likeness (QED) is 0.0168. The monoisotopic (exact) mass is 852 g/mol. The molecule has 0 aliphatic heterocycles. The summed E-state index contributed by atoms with van der Waals surface area (Å²) in [6, 6.07) is -1.15. The number of phosphoric ester groups is 1. The zero-order chi connectivity index (χ0) is 43.0. The largest absolute Gasteiger partial charge is 0.472 e. The van der Waals surface area contributed by atoms with Gasteiger partial charge in [-0.05, 0) is 38.5 Å². The maximum atomic E-state index is 13.0. The fraction of sp³-hybridized carbons (Fsp3) is 0.932. The van der Waals surface area contributed by atoms with Crippen LogP contribution >= 0.6 is 7.82 Å². The number of carbonyl (C=O) groups is 1. The molecule has 1 rings (SSSR count). The Morgan fingerprint density at radius 2 is 0.966 bits per heavy atom. The lowest BCUT2D eigenvalue weighted by Gasteiger charge is -2.41. The van der Waals surface area contributed by atoms with Crippen molar-refractivity contribution >= 4 is 13.7 Å². The lowest BCUT2D eigenvalue weighted by Crippen LogP contribution is -2.64. The van der Waals surface area contributed by atoms with Crippen LogP contribution in [0, 0.1) is 0 Å². The number of allylic oxidation sites excluding steroid dienone is 2. The molecule has 0 heterocycles. The van der Waals surface area contributed by atoms with Gasteiger partial charge in [0, 0.05) is 0 Å². The normalized spacial score (nSPS) is 23.8. The van der Waals surface area contributed by atoms with Gasteiger partial charge in [-0.3, -0.25) is 13.8 Å². The highest BCUT2D eigenvalue weighted by Crippen LogP contribution is 2.47. The Morgan fingerprint density at radius 3 is 1.41 bits per heavy atom. The zero-order valence-electron chi connectivity index (χ0n) is 36.2. The van der Waals surface area contributed by atoms with Gasteiger partial charge in [-0.1, -0.05) is 167 Å². The molecule has 0 spiro atoms. The Bertz CT molecular complexity index is 1050. The van der Waals surface area contributed by atoms with E-state index >= 15 is 0 Å². The maximum Gasteiger partial charge on any atom is 0.472 e. The van der Waals surface area contributed by atoms with Gasteiger partial charge in [0.1, 0.15) is 36.6 Å². The van der Waals surface area contributed by atoms with Crippen molar-refractivity contribution in [3.05, 3.63) is 12.2 Å². The number of carbonyl (C=O) groups excluding carboxylic acids is 1. The number of hydrogen-bond donors (Lipinski definition) is 9. The number of rotatable bonds is 38. The fourth-order valence-electron chi connectivity index (χ4n) is 7.53. The summed E-state index contributed by atoms with van der Waals surface area (Å²) in [6.07, 6.45) is 21.4. The van der Waals surface area contributed by atoms with Crippen molar-refractivity contribution in [3.63, 3.8) is 0 Å². The van der Waals surface area contributed by atoms with Crippen molar-refractivity contribution in [1.29, 1.82) is 0 Å². The topological polar surface area (TPSA) is 226 Å². The van der Waals surface area contributed by atoms with Crippen LogP contribution in [0.3, 0.4) is 0 Å². The molecule has 0 bridgehead atoms. The summed E-state index contributed by atoms with van der Waals surface area (Å²) in [6.45, 7) is 3.75. The molecule has 58 heavy (non-hydrogen) atoms. The molecule has 0 aromatic carbocycles. The van der Waals surface area contributed by atoms with Crippen LogP contribution in [0.4, 0.5) is 0 Å². The second-order valence-corrected chi connectivity index (χ2v) is 18.2. The van der Waals surface area contributed by atoms with Crippen molar-refractivity contribution in [2.24, 2.45) is 0 Å². The van der Waals surface area contributed by atoms with E-state index in [0.29, 0.717) is 12.8 Å². The predicted octanol–water partition coefficient (Wildman–Crippen LogP) is 7.42. The smallest absolute Gasteiger partial charge is 0.393 e. The third-order valence-electron chi connectivity index (χ3n) is 11.4. The minimum atomic E-state index is -5.11. The Kier molecular flexibility index (Phi) is 32.9. The van der Waals surface area contributed by atoms with Gasteiger partial charge in [0.15, 0.2) is 0 Å². The van der Waals surface area contributed by atoms with Crippen LogP contribution < -0.4 is 5.32 Å². The molecule has 1 amide bonds. The van der Waals surface area contributed by atoms with Gasteiger partial charge in [-0.25, -0.2) is 4.57 Å². The van der Waals surface area contributed by atoms with Crippen molar-refractivity contribution in [2.75, 3.05) is 6.61 Å². The highest BCUT2D eigenvalue weighted by Gasteiger charge is 2.51. The van der Waals surface area contributed by atoms with E-state index in [1.165, 1.54) is 89.9 Å². The first-order valence-electron chi connectivity index (χ1n) is 23.2. The zero-order valence-corrected chi connectivity index (χ0v) is 37.1. The molecule has 0 saturated heterocycles. The van der Waals surface area contributed by atoms with Gasteiger partial charge >= 0.3 is 7.82 Å². The first-order valence-corrected chi connectivity index (χ1v) is 24.7. The third-order valence-corrected chi connectivity index (χ3v) is 12.4. The molecule has 14 heteroatoms. The fourth-order valence-corrected chi connectivity index (χ4v) is 8.50. The molecule has 1 saturated carbocycles. The average Bonchev–Trinajstić information content (AvgIpc) is 3.19. The summed E-state index contributed by atoms with van der Waals surface area (Å²) in [7, 11) is -5.11. The van der Waals surface area contributed by atoms with E-state index in [1.54, 1.807) is 0 Å². The Morgan fingerprint density at radius 1 is 0.586 bits per heavy atom. The van der Waals surface area contributed by atoms with Crippen molar-refractivity contribution in [3.8, 4) is 0 Å². The second kappa shape index (κ2) is 34.6. The van der Waals surface area contributed by atoms with Gasteiger partial charge < -0.3 is 46.0 Å². The molecule has 13 nitrogen and oxygen atoms in total. The minimum Gasteiger partial charge on any atom is -0.393 e. The van der Waals surface area contributed by atoms with Gasteiger partial charge in [0.2, 0.25) is 5.91 Å². The molecule has 1 fully saturated rings. The van der Waals surface area contributed by atoms with Gasteiger partial charge in [-0.15, -0.1) is 0 Å². The van der Waals surface area contributed by atoms with E-state index in [1.807, 2.05) is 0 Å². The van der Waals surface area contributed by atoms with Crippen LogP contribution in [0.1, 0.15) is 200 Å². The number of aliphatic hydroxyl groups excluding tert-OH is 7. The number of nitrogens with one attached hydrogen (secondary N) is 1. The summed E-state index contributed by atoms with van der Waals surface area (Å²) in [5.74, 6) is -0.566. The predicted molar refractivity (Wildman–Crippen MR) is 229 cm³/mol. The minimum absolute atomic E-state index is 0.225. The number of aliphatic hydroxyl groups is 7. The molecule has 344 valence electrons. The SMILES string of the molecule is CCCCCCCCCCCC/C=C\CCCCCCCC(O)CC(=O)NC(COP(=O)(O)OC1C(O)C(O)C(O)C(O)C1O)C(O)CCCCCCCCCCC. The van der Waals surface area contributed by atoms with Crippen LogP contribution in [-0.2, 0) is 18.4 Å². The van der Waals surface area contributed by atoms with Crippen molar-refractivity contribution in [2.45, 2.75) is 255 Å². The van der Waals surface area contributed by atoms with Gasteiger partial charge in [0.05, 0.1) is 31.3 Å². The van der Waals surface area contributed by atoms with E-state index in [9.17, 15) is 50.0 Å². The van der Waals surface area contributed by atoms with Crippen LogP contribution in [0.15, 0.2) is 12.2 Å². The molecule has 1 aliphatic rings.